The Bertz CT molecular complexity index is 1370. The molecule has 0 bridgehead atoms. The maximum absolute atomic E-state index is 13.8. The van der Waals surface area contributed by atoms with Gasteiger partial charge in [-0.3, -0.25) is 9.78 Å². The third-order valence-corrected chi connectivity index (χ3v) is 15.3. The molecule has 11 heteroatoms. The number of aromatic nitrogens is 1. The number of rotatable bonds is 11. The molecule has 1 unspecified atom stereocenters. The van der Waals surface area contributed by atoms with E-state index < -0.39 is 38.5 Å². The van der Waals surface area contributed by atoms with Crippen molar-refractivity contribution in [2.75, 3.05) is 39.8 Å². The highest BCUT2D eigenvalue weighted by Crippen LogP contribution is 2.39. The van der Waals surface area contributed by atoms with Gasteiger partial charge in [0.05, 0.1) is 12.5 Å². The fraction of sp³-hybridized carbons (Fsp3) is 0.683. The minimum absolute atomic E-state index is 0.0672. The van der Waals surface area contributed by atoms with Crippen LogP contribution in [-0.4, -0.2) is 105 Å². The fourth-order valence-electron chi connectivity index (χ4n) is 6.28. The molecule has 0 aliphatic carbocycles. The molecule has 1 aromatic rings. The molecule has 0 saturated carbocycles. The summed E-state index contributed by atoms with van der Waals surface area (Å²) >= 11 is 0. The van der Waals surface area contributed by atoms with Crippen molar-refractivity contribution in [3.05, 3.63) is 66.0 Å². The van der Waals surface area contributed by atoms with Crippen molar-refractivity contribution in [2.24, 2.45) is 5.92 Å². The number of pyridine rings is 1. The molecule has 1 amide bonds. The van der Waals surface area contributed by atoms with Gasteiger partial charge in [-0.1, -0.05) is 65.0 Å². The van der Waals surface area contributed by atoms with Gasteiger partial charge in [0.1, 0.15) is 11.7 Å². The van der Waals surface area contributed by atoms with Gasteiger partial charge in [-0.25, -0.2) is 4.79 Å². The average molecular weight is 742 g/mol. The molecule has 1 fully saturated rings. The van der Waals surface area contributed by atoms with Gasteiger partial charge in [0.15, 0.2) is 20.7 Å². The number of likely N-dealkylation sites (N-methyl/N-ethyl adjacent to an activating group) is 1. The van der Waals surface area contributed by atoms with Crippen LogP contribution in [-0.2, 0) is 28.2 Å². The second kappa shape index (κ2) is 19.5. The number of amides is 1. The Morgan fingerprint density at radius 2 is 1.85 bits per heavy atom. The van der Waals surface area contributed by atoms with Crippen LogP contribution in [0.1, 0.15) is 93.2 Å². The van der Waals surface area contributed by atoms with Gasteiger partial charge in [-0.05, 0) is 89.5 Å². The molecule has 0 N–H and O–H groups in total. The second-order valence-corrected chi connectivity index (χ2v) is 21.0. The number of piperazine rings is 1. The topological polar surface area (TPSA) is 99.7 Å². The van der Waals surface area contributed by atoms with E-state index in [1.807, 2.05) is 77.1 Å². The Kier molecular flexibility index (Phi) is 16.3. The fourth-order valence-corrected chi connectivity index (χ4v) is 7.67. The molecule has 10 nitrogen and oxygen atoms in total. The Hall–Kier alpha value is -2.83. The van der Waals surface area contributed by atoms with Gasteiger partial charge in [-0.15, -0.1) is 0 Å². The van der Waals surface area contributed by atoms with E-state index in [2.05, 4.69) is 63.8 Å². The van der Waals surface area contributed by atoms with Gasteiger partial charge >= 0.3 is 12.1 Å². The van der Waals surface area contributed by atoms with E-state index >= 15 is 0 Å². The van der Waals surface area contributed by atoms with Crippen molar-refractivity contribution in [3.8, 4) is 0 Å². The van der Waals surface area contributed by atoms with Crippen LogP contribution in [0.2, 0.25) is 18.1 Å². The monoisotopic (exact) mass is 741 g/mol. The largest absolute Gasteiger partial charge is 0.457 e. The molecule has 3 heterocycles. The Balaban J connectivity index is 2.05. The van der Waals surface area contributed by atoms with Crippen molar-refractivity contribution >= 4 is 20.4 Å². The van der Waals surface area contributed by atoms with Crippen LogP contribution in [0.3, 0.4) is 0 Å². The van der Waals surface area contributed by atoms with E-state index in [1.54, 1.807) is 11.1 Å². The molecular formula is C41H67N3O7Si. The molecule has 0 radical (unpaired) electrons. The summed E-state index contributed by atoms with van der Waals surface area (Å²) in [6.45, 7) is 26.0. The maximum atomic E-state index is 13.8. The van der Waals surface area contributed by atoms with E-state index in [0.29, 0.717) is 32.5 Å². The predicted octanol–water partition coefficient (Wildman–Crippen LogP) is 8.28. The van der Waals surface area contributed by atoms with E-state index in [1.165, 1.54) is 0 Å². The van der Waals surface area contributed by atoms with Gasteiger partial charge in [-0.2, -0.15) is 0 Å². The summed E-state index contributed by atoms with van der Waals surface area (Å²) in [5, 5.41) is -0.0672. The van der Waals surface area contributed by atoms with Crippen LogP contribution < -0.4 is 0 Å². The van der Waals surface area contributed by atoms with E-state index in [9.17, 15) is 9.59 Å². The number of ether oxygens (including phenoxy) is 4. The molecule has 2 aliphatic rings. The molecule has 292 valence electrons. The number of cyclic esters (lactones) is 1. The van der Waals surface area contributed by atoms with Gasteiger partial charge in [0.25, 0.3) is 0 Å². The minimum atomic E-state index is -2.29. The quantitative estimate of drug-likeness (QED) is 0.0730. The van der Waals surface area contributed by atoms with Crippen molar-refractivity contribution in [2.45, 2.75) is 136 Å². The van der Waals surface area contributed by atoms with Crippen molar-refractivity contribution in [1.82, 2.24) is 14.8 Å². The Morgan fingerprint density at radius 1 is 1.15 bits per heavy atom. The lowest BCUT2D eigenvalue weighted by Gasteiger charge is -2.42. The van der Waals surface area contributed by atoms with Crippen LogP contribution in [0, 0.1) is 5.92 Å². The van der Waals surface area contributed by atoms with Crippen LogP contribution in [0.15, 0.2) is 60.3 Å². The number of hydrogen-bond donors (Lipinski definition) is 0. The molecule has 0 spiro atoms. The number of carbonyl (C=O) groups is 2. The van der Waals surface area contributed by atoms with E-state index in [-0.39, 0.29) is 35.4 Å². The van der Waals surface area contributed by atoms with Crippen LogP contribution in [0.4, 0.5) is 4.79 Å². The summed E-state index contributed by atoms with van der Waals surface area (Å²) < 4.78 is 32.1. The van der Waals surface area contributed by atoms with Gasteiger partial charge < -0.3 is 33.2 Å². The first kappa shape index (κ1) is 43.6. The summed E-state index contributed by atoms with van der Waals surface area (Å²) in [7, 11) is -0.238. The molecule has 1 aromatic heterocycles. The van der Waals surface area contributed by atoms with Crippen LogP contribution in [0.5, 0.6) is 0 Å². The molecule has 1 saturated heterocycles. The van der Waals surface area contributed by atoms with Crippen molar-refractivity contribution in [1.29, 1.82) is 0 Å². The third-order valence-electron chi connectivity index (χ3n) is 10.7. The zero-order valence-corrected chi connectivity index (χ0v) is 35.0. The lowest BCUT2D eigenvalue weighted by molar-refractivity contribution is -0.222. The number of allylic oxidation sites excluding steroid dienone is 3. The van der Waals surface area contributed by atoms with Crippen molar-refractivity contribution < 1.29 is 33.0 Å². The zero-order valence-electron chi connectivity index (χ0n) is 34.0. The smallest absolute Gasteiger partial charge is 0.410 e. The average Bonchev–Trinajstić information content (AvgIpc) is 3.07. The number of hydrogen-bond acceptors (Lipinski definition) is 9. The zero-order chi connectivity index (χ0) is 38.7. The molecular weight excluding hydrogens is 675 g/mol. The predicted molar refractivity (Wildman–Crippen MR) is 210 cm³/mol. The highest BCUT2D eigenvalue weighted by Gasteiger charge is 2.44. The highest BCUT2D eigenvalue weighted by molar-refractivity contribution is 6.74. The Labute approximate surface area is 315 Å². The molecule has 2 aliphatic heterocycles. The first-order chi connectivity index (χ1) is 24.3. The summed E-state index contributed by atoms with van der Waals surface area (Å²) in [6.07, 6.45) is 10.2. The lowest BCUT2D eigenvalue weighted by atomic mass is 9.88. The summed E-state index contributed by atoms with van der Waals surface area (Å²) in [5.74, 6) is -0.446. The summed E-state index contributed by atoms with van der Waals surface area (Å²) in [4.78, 5) is 36.0. The number of carbonyl (C=O) groups excluding carboxylic acids is 2. The first-order valence-electron chi connectivity index (χ1n) is 19.1. The first-order valence-corrected chi connectivity index (χ1v) is 22.0. The van der Waals surface area contributed by atoms with Gasteiger partial charge in [0, 0.05) is 56.5 Å². The maximum Gasteiger partial charge on any atom is 0.410 e. The Morgan fingerprint density at radius 3 is 2.46 bits per heavy atom. The summed E-state index contributed by atoms with van der Waals surface area (Å²) in [6, 6.07) is 5.90. The lowest BCUT2D eigenvalue weighted by Crippen LogP contribution is -2.52. The SMILES string of the molecule is CCOC(C)O[C@]1(C)CC[C@@H](O[Si](C)(C)C(C)(C)C)CC(=O)O[C@H](/C(C)=C/C=C/[C@@H](C)c2ccccn2)[C@@H](C)C=C[C@@H]1OC(=O)N1CCN(C)CC1. The van der Waals surface area contributed by atoms with Gasteiger partial charge in [0.2, 0.25) is 0 Å². The molecule has 0 aromatic carbocycles. The highest BCUT2D eigenvalue weighted by atomic mass is 28.4. The third kappa shape index (κ3) is 12.9. The van der Waals surface area contributed by atoms with E-state index in [4.69, 9.17) is 23.4 Å². The van der Waals surface area contributed by atoms with Crippen molar-refractivity contribution in [3.63, 3.8) is 0 Å². The molecule has 3 rings (SSSR count). The van der Waals surface area contributed by atoms with E-state index in [0.717, 1.165) is 24.4 Å². The standard InChI is InChI=1S/C41H67N3O7Si/c1-13-47-33(5)50-41(9)23-22-34(51-52(11,12)40(6,7)8)29-37(45)49-38(31(3)18-16-17-30(2)35-19-14-15-24-42-35)32(4)20-21-36(41)48-39(46)44-27-25-43(10)26-28-44/h14-21,24,30,32-34,36,38H,13,22-23,25-29H2,1-12H3/b17-16+,21-20?,31-18+/t30-,32+,33?,34-,36+,38-,41-/m1/s1. The minimum Gasteiger partial charge on any atom is -0.457 e. The second-order valence-electron chi connectivity index (χ2n) is 16.3. The number of esters is 1. The number of nitrogens with zero attached hydrogens (tertiary/aromatic N) is 3. The molecule has 7 atom stereocenters. The molecule has 52 heavy (non-hydrogen) atoms. The normalized spacial score (nSPS) is 27.4. The van der Waals surface area contributed by atoms with Crippen LogP contribution >= 0.6 is 0 Å². The summed E-state index contributed by atoms with van der Waals surface area (Å²) in [5.41, 5.74) is 0.881. The van der Waals surface area contributed by atoms with Crippen LogP contribution in [0.25, 0.3) is 0 Å².